The number of rotatable bonds is 4. The van der Waals surface area contributed by atoms with E-state index in [4.69, 9.17) is 16.0 Å². The van der Waals surface area contributed by atoms with E-state index in [-0.39, 0.29) is 23.7 Å². The average Bonchev–Trinajstić information content (AvgIpc) is 3.07. The number of nitrogens with zero attached hydrogens (tertiary/aromatic N) is 1. The normalized spacial score (nSPS) is 16.8. The van der Waals surface area contributed by atoms with Gasteiger partial charge in [0.15, 0.2) is 0 Å². The Kier molecular flexibility index (Phi) is 5.51. The summed E-state index contributed by atoms with van der Waals surface area (Å²) in [6.45, 7) is 2.28. The molecule has 1 aromatic carbocycles. The lowest BCUT2D eigenvalue weighted by Gasteiger charge is -2.31. The largest absolute Gasteiger partial charge is 0.481 e. The third-order valence-corrected chi connectivity index (χ3v) is 4.86. The zero-order chi connectivity index (χ0) is 19.6. The van der Waals surface area contributed by atoms with Crippen LogP contribution in [0, 0.1) is 12.8 Å². The Morgan fingerprint density at radius 1 is 1.26 bits per heavy atom. The van der Waals surface area contributed by atoms with Crippen molar-refractivity contribution in [2.75, 3.05) is 18.4 Å². The second-order valence-electron chi connectivity index (χ2n) is 6.46. The summed E-state index contributed by atoms with van der Waals surface area (Å²) in [5.41, 5.74) is 0.896. The minimum Gasteiger partial charge on any atom is -0.481 e. The van der Waals surface area contributed by atoms with Crippen molar-refractivity contribution in [2.45, 2.75) is 19.8 Å². The number of halogens is 1. The van der Waals surface area contributed by atoms with Crippen molar-refractivity contribution in [1.29, 1.82) is 0 Å². The molecule has 1 atom stereocenters. The summed E-state index contributed by atoms with van der Waals surface area (Å²) in [4.78, 5) is 38.2. The number of piperidine rings is 1. The van der Waals surface area contributed by atoms with Gasteiger partial charge in [-0.1, -0.05) is 11.6 Å². The molecule has 0 bridgehead atoms. The Balaban J connectivity index is 1.85. The number of anilines is 1. The number of carbonyl (C=O) groups excluding carboxylic acids is 2. The number of hydrogen-bond acceptors (Lipinski definition) is 4. The summed E-state index contributed by atoms with van der Waals surface area (Å²) in [5.74, 6) is -1.78. The van der Waals surface area contributed by atoms with Gasteiger partial charge in [-0.3, -0.25) is 14.4 Å². The van der Waals surface area contributed by atoms with Gasteiger partial charge in [0, 0.05) is 18.1 Å². The molecule has 0 radical (unpaired) electrons. The highest BCUT2D eigenvalue weighted by molar-refractivity contribution is 6.31. The van der Waals surface area contributed by atoms with Gasteiger partial charge in [-0.25, -0.2) is 0 Å². The Morgan fingerprint density at radius 3 is 2.70 bits per heavy atom. The van der Waals surface area contributed by atoms with Crippen LogP contribution in [-0.2, 0) is 4.79 Å². The molecule has 1 aliphatic rings. The summed E-state index contributed by atoms with van der Waals surface area (Å²) >= 11 is 6.04. The maximum absolute atomic E-state index is 13.0. The summed E-state index contributed by atoms with van der Waals surface area (Å²) in [6, 6.07) is 6.14. The summed E-state index contributed by atoms with van der Waals surface area (Å²) < 4.78 is 5.14. The van der Waals surface area contributed by atoms with Crippen molar-refractivity contribution in [3.63, 3.8) is 0 Å². The van der Waals surface area contributed by atoms with Crippen molar-refractivity contribution in [3.05, 3.63) is 52.4 Å². The first-order chi connectivity index (χ1) is 12.9. The molecule has 2 aromatic rings. The first-order valence-corrected chi connectivity index (χ1v) is 8.91. The summed E-state index contributed by atoms with van der Waals surface area (Å²) in [5, 5.41) is 12.3. The van der Waals surface area contributed by atoms with Crippen LogP contribution in [0.2, 0.25) is 5.02 Å². The quantitative estimate of drug-likeness (QED) is 0.833. The van der Waals surface area contributed by atoms with Crippen LogP contribution in [0.25, 0.3) is 0 Å². The smallest absolute Gasteiger partial charge is 0.308 e. The van der Waals surface area contributed by atoms with Gasteiger partial charge < -0.3 is 19.7 Å². The number of carbonyl (C=O) groups is 3. The van der Waals surface area contributed by atoms with Crippen molar-refractivity contribution in [2.24, 2.45) is 5.92 Å². The van der Waals surface area contributed by atoms with Gasteiger partial charge in [0.1, 0.15) is 5.76 Å². The molecule has 1 unspecified atom stereocenters. The van der Waals surface area contributed by atoms with Gasteiger partial charge in [-0.05, 0) is 44.0 Å². The summed E-state index contributed by atoms with van der Waals surface area (Å²) in [7, 11) is 0. The molecule has 2 heterocycles. The second kappa shape index (κ2) is 7.84. The SMILES string of the molecule is Cc1occc1C(=O)Nc1cc(Cl)ccc1C(=O)N1CCCC(C(=O)O)C1. The maximum atomic E-state index is 13.0. The fourth-order valence-electron chi connectivity index (χ4n) is 3.15. The zero-order valence-corrected chi connectivity index (χ0v) is 15.5. The second-order valence-corrected chi connectivity index (χ2v) is 6.90. The minimum atomic E-state index is -0.910. The molecule has 142 valence electrons. The Bertz CT molecular complexity index is 892. The number of carboxylic acids is 1. The standard InChI is InChI=1S/C19H19ClN2O5/c1-11-14(6-8-27-11)17(23)21-16-9-13(20)4-5-15(16)18(24)22-7-2-3-12(10-22)19(25)26/h4-6,8-9,12H,2-3,7,10H2,1H3,(H,21,23)(H,25,26). The number of furan rings is 1. The number of nitrogens with one attached hydrogen (secondary N) is 1. The molecule has 1 fully saturated rings. The van der Waals surface area contributed by atoms with Crippen LogP contribution in [0.3, 0.4) is 0 Å². The van der Waals surface area contributed by atoms with Crippen molar-refractivity contribution in [1.82, 2.24) is 4.90 Å². The lowest BCUT2D eigenvalue weighted by molar-refractivity contribution is -0.143. The molecular formula is C19H19ClN2O5. The van der Waals surface area contributed by atoms with Crippen LogP contribution in [-0.4, -0.2) is 40.9 Å². The fourth-order valence-corrected chi connectivity index (χ4v) is 3.32. The molecule has 0 aliphatic carbocycles. The van der Waals surface area contributed by atoms with Crippen molar-refractivity contribution in [3.8, 4) is 0 Å². The highest BCUT2D eigenvalue weighted by Crippen LogP contribution is 2.26. The van der Waals surface area contributed by atoms with Gasteiger partial charge in [-0.2, -0.15) is 0 Å². The van der Waals surface area contributed by atoms with Gasteiger partial charge in [0.25, 0.3) is 11.8 Å². The molecule has 1 aromatic heterocycles. The monoisotopic (exact) mass is 390 g/mol. The number of likely N-dealkylation sites (tertiary alicyclic amines) is 1. The van der Waals surface area contributed by atoms with Gasteiger partial charge in [0.05, 0.1) is 29.0 Å². The molecule has 1 saturated heterocycles. The lowest BCUT2D eigenvalue weighted by atomic mass is 9.97. The number of hydrogen-bond donors (Lipinski definition) is 2. The van der Waals surface area contributed by atoms with E-state index in [0.29, 0.717) is 35.7 Å². The molecule has 2 amide bonds. The number of amides is 2. The van der Waals surface area contributed by atoms with Crippen LogP contribution in [0.15, 0.2) is 34.9 Å². The molecule has 0 saturated carbocycles. The van der Waals surface area contributed by atoms with E-state index in [1.807, 2.05) is 0 Å². The van der Waals surface area contributed by atoms with E-state index in [9.17, 15) is 19.5 Å². The molecule has 1 aliphatic heterocycles. The van der Waals surface area contributed by atoms with E-state index >= 15 is 0 Å². The van der Waals surface area contributed by atoms with Gasteiger partial charge >= 0.3 is 5.97 Å². The number of carboxylic acid groups (broad SMARTS) is 1. The third-order valence-electron chi connectivity index (χ3n) is 4.62. The van der Waals surface area contributed by atoms with Crippen LogP contribution >= 0.6 is 11.6 Å². The van der Waals surface area contributed by atoms with E-state index in [1.54, 1.807) is 19.1 Å². The Hall–Kier alpha value is -2.80. The van der Waals surface area contributed by atoms with Crippen LogP contribution in [0.1, 0.15) is 39.3 Å². The first-order valence-electron chi connectivity index (χ1n) is 8.54. The molecule has 27 heavy (non-hydrogen) atoms. The van der Waals surface area contributed by atoms with E-state index in [2.05, 4.69) is 5.32 Å². The van der Waals surface area contributed by atoms with Gasteiger partial charge in [0.2, 0.25) is 0 Å². The molecule has 3 rings (SSSR count). The van der Waals surface area contributed by atoms with Crippen LogP contribution < -0.4 is 5.32 Å². The summed E-state index contributed by atoms with van der Waals surface area (Å²) in [6.07, 6.45) is 2.57. The Labute approximate surface area is 160 Å². The third kappa shape index (κ3) is 4.14. The number of benzene rings is 1. The molecule has 7 nitrogen and oxygen atoms in total. The predicted molar refractivity (Wildman–Crippen MR) is 99.1 cm³/mol. The molecule has 2 N–H and O–H groups in total. The van der Waals surface area contributed by atoms with E-state index < -0.39 is 17.8 Å². The van der Waals surface area contributed by atoms with E-state index in [0.717, 1.165) is 0 Å². The predicted octanol–water partition coefficient (Wildman–Crippen LogP) is 3.43. The van der Waals surface area contributed by atoms with Crippen molar-refractivity contribution < 1.29 is 23.9 Å². The Morgan fingerprint density at radius 2 is 2.04 bits per heavy atom. The average molecular weight is 391 g/mol. The highest BCUT2D eigenvalue weighted by Gasteiger charge is 2.30. The number of aliphatic carboxylic acids is 1. The zero-order valence-electron chi connectivity index (χ0n) is 14.7. The van der Waals surface area contributed by atoms with Crippen molar-refractivity contribution >= 4 is 35.1 Å². The lowest BCUT2D eigenvalue weighted by Crippen LogP contribution is -2.42. The van der Waals surface area contributed by atoms with Gasteiger partial charge in [-0.15, -0.1) is 0 Å². The number of aryl methyl sites for hydroxylation is 1. The van der Waals surface area contributed by atoms with Crippen LogP contribution in [0.5, 0.6) is 0 Å². The molecule has 0 spiro atoms. The molecule has 8 heteroatoms. The molecular weight excluding hydrogens is 372 g/mol. The topological polar surface area (TPSA) is 99.9 Å². The van der Waals surface area contributed by atoms with Crippen LogP contribution in [0.4, 0.5) is 5.69 Å². The maximum Gasteiger partial charge on any atom is 0.308 e. The highest BCUT2D eigenvalue weighted by atomic mass is 35.5. The minimum absolute atomic E-state index is 0.144. The van der Waals surface area contributed by atoms with E-state index in [1.165, 1.54) is 23.3 Å². The fraction of sp³-hybridized carbons (Fsp3) is 0.316. The first kappa shape index (κ1) is 19.0.